The largest absolute Gasteiger partial charge is 0.259 e. The van der Waals surface area contributed by atoms with Crippen molar-refractivity contribution in [2.24, 2.45) is 0 Å². The molecule has 0 saturated heterocycles. The number of halogens is 2. The average molecular weight is 342 g/mol. The maximum atomic E-state index is 13.2. The number of rotatable bonds is 5. The highest BCUT2D eigenvalue weighted by molar-refractivity contribution is 7.83. The summed E-state index contributed by atoms with van der Waals surface area (Å²) in [6, 6.07) is 21.6. The zero-order valence-electron chi connectivity index (χ0n) is 12.9. The van der Waals surface area contributed by atoms with E-state index in [4.69, 9.17) is 0 Å². The molecule has 3 rings (SSSR count). The van der Waals surface area contributed by atoms with Gasteiger partial charge in [0.25, 0.3) is 0 Å². The highest BCUT2D eigenvalue weighted by Crippen LogP contribution is 2.20. The molecule has 24 heavy (non-hydrogen) atoms. The molecule has 0 N–H and O–H groups in total. The second-order valence-corrected chi connectivity index (χ2v) is 7.00. The molecule has 0 aliphatic carbocycles. The summed E-state index contributed by atoms with van der Waals surface area (Å²) >= 11 is 0. The third-order valence-electron chi connectivity index (χ3n) is 3.70. The van der Waals surface area contributed by atoms with Gasteiger partial charge in [0.2, 0.25) is 0 Å². The van der Waals surface area contributed by atoms with Crippen molar-refractivity contribution in [3.63, 3.8) is 0 Å². The normalized spacial score (nSPS) is 12.1. The molecular formula is C20H16F2OS. The Morgan fingerprint density at radius 1 is 0.667 bits per heavy atom. The zero-order chi connectivity index (χ0) is 16.9. The molecule has 0 aliphatic rings. The summed E-state index contributed by atoms with van der Waals surface area (Å²) in [6.45, 7) is 0. The minimum atomic E-state index is -1.18. The van der Waals surface area contributed by atoms with Crippen molar-refractivity contribution in [1.82, 2.24) is 0 Å². The molecular weight excluding hydrogens is 326 g/mol. The van der Waals surface area contributed by atoms with Gasteiger partial charge in [0.15, 0.2) is 11.6 Å². The third kappa shape index (κ3) is 4.15. The van der Waals surface area contributed by atoms with Gasteiger partial charge in [0.05, 0.1) is 0 Å². The van der Waals surface area contributed by atoms with Crippen LogP contribution in [-0.2, 0) is 22.3 Å². The van der Waals surface area contributed by atoms with Gasteiger partial charge in [-0.1, -0.05) is 60.7 Å². The second kappa shape index (κ2) is 7.49. The predicted molar refractivity (Wildman–Crippen MR) is 93.8 cm³/mol. The molecule has 1 nitrogen and oxygen atoms in total. The molecule has 122 valence electrons. The first-order valence-electron chi connectivity index (χ1n) is 7.55. The van der Waals surface area contributed by atoms with E-state index < -0.39 is 22.4 Å². The molecule has 3 aromatic carbocycles. The van der Waals surface area contributed by atoms with E-state index in [0.29, 0.717) is 11.3 Å². The molecule has 0 aliphatic heterocycles. The zero-order valence-corrected chi connectivity index (χ0v) is 13.7. The molecule has 0 amide bonds. The van der Waals surface area contributed by atoms with Crippen molar-refractivity contribution in [2.45, 2.75) is 11.5 Å². The second-order valence-electron chi connectivity index (χ2n) is 5.54. The fourth-order valence-electron chi connectivity index (χ4n) is 2.48. The van der Waals surface area contributed by atoms with Gasteiger partial charge in [0, 0.05) is 22.3 Å². The van der Waals surface area contributed by atoms with Gasteiger partial charge in [-0.25, -0.2) is 8.78 Å². The van der Waals surface area contributed by atoms with Gasteiger partial charge in [0.1, 0.15) is 0 Å². The maximum Gasteiger partial charge on any atom is 0.159 e. The summed E-state index contributed by atoms with van der Waals surface area (Å²) in [7, 11) is -1.18. The summed E-state index contributed by atoms with van der Waals surface area (Å²) in [4.78, 5) is 0. The van der Waals surface area contributed by atoms with E-state index in [1.807, 2.05) is 54.6 Å². The standard InChI is InChI=1S/C20H16F2OS/c21-19-11-8-16(12-20(19)22)14-24(23)13-15-6-9-18(10-7-15)17-4-2-1-3-5-17/h1-12H,13-14H2/t24-/m0/s1. The molecule has 0 fully saturated rings. The average Bonchev–Trinajstić information content (AvgIpc) is 2.59. The minimum Gasteiger partial charge on any atom is -0.259 e. The SMILES string of the molecule is O=[S@@](Cc1ccc(-c2ccccc2)cc1)Cc1ccc(F)c(F)c1. The lowest BCUT2D eigenvalue weighted by molar-refractivity contribution is 0.507. The molecule has 0 bridgehead atoms. The summed E-state index contributed by atoms with van der Waals surface area (Å²) in [5.74, 6) is -1.20. The molecule has 0 saturated carbocycles. The Bertz CT molecular complexity index is 845. The van der Waals surface area contributed by atoms with Crippen molar-refractivity contribution in [3.05, 3.63) is 95.6 Å². The van der Waals surface area contributed by atoms with Gasteiger partial charge in [-0.2, -0.15) is 0 Å². The molecule has 0 radical (unpaired) electrons. The van der Waals surface area contributed by atoms with E-state index in [2.05, 4.69) is 0 Å². The van der Waals surface area contributed by atoms with Crippen LogP contribution in [0.2, 0.25) is 0 Å². The monoisotopic (exact) mass is 342 g/mol. The van der Waals surface area contributed by atoms with Crippen LogP contribution in [0.25, 0.3) is 11.1 Å². The Morgan fingerprint density at radius 3 is 1.92 bits per heavy atom. The lowest BCUT2D eigenvalue weighted by Crippen LogP contribution is -2.00. The van der Waals surface area contributed by atoms with Crippen molar-refractivity contribution in [1.29, 1.82) is 0 Å². The van der Waals surface area contributed by atoms with Crippen LogP contribution in [0, 0.1) is 11.6 Å². The fourth-order valence-corrected chi connectivity index (χ4v) is 3.69. The highest BCUT2D eigenvalue weighted by atomic mass is 32.2. The van der Waals surface area contributed by atoms with Crippen LogP contribution < -0.4 is 0 Å². The first-order valence-corrected chi connectivity index (χ1v) is 9.04. The van der Waals surface area contributed by atoms with Crippen LogP contribution in [-0.4, -0.2) is 4.21 Å². The van der Waals surface area contributed by atoms with Crippen molar-refractivity contribution >= 4 is 10.8 Å². The van der Waals surface area contributed by atoms with Crippen LogP contribution >= 0.6 is 0 Å². The van der Waals surface area contributed by atoms with Crippen LogP contribution in [0.3, 0.4) is 0 Å². The lowest BCUT2D eigenvalue weighted by atomic mass is 10.0. The third-order valence-corrected chi connectivity index (χ3v) is 5.01. The summed E-state index contributed by atoms with van der Waals surface area (Å²) in [5, 5.41) is 0. The van der Waals surface area contributed by atoms with Crippen LogP contribution in [0.1, 0.15) is 11.1 Å². The van der Waals surface area contributed by atoms with Crippen molar-refractivity contribution < 1.29 is 13.0 Å². The quantitative estimate of drug-likeness (QED) is 0.632. The topological polar surface area (TPSA) is 17.1 Å². The van der Waals surface area contributed by atoms with Crippen molar-refractivity contribution in [3.8, 4) is 11.1 Å². The summed E-state index contributed by atoms with van der Waals surface area (Å²) in [6.07, 6.45) is 0. The van der Waals surface area contributed by atoms with E-state index in [-0.39, 0.29) is 5.75 Å². The number of benzene rings is 3. The lowest BCUT2D eigenvalue weighted by Gasteiger charge is -2.06. The molecule has 0 heterocycles. The molecule has 3 aromatic rings. The Labute approximate surface area is 142 Å². The number of hydrogen-bond acceptors (Lipinski definition) is 1. The molecule has 0 spiro atoms. The van der Waals surface area contributed by atoms with Gasteiger partial charge in [-0.3, -0.25) is 4.21 Å². The van der Waals surface area contributed by atoms with E-state index in [1.54, 1.807) is 0 Å². The van der Waals surface area contributed by atoms with E-state index in [1.165, 1.54) is 6.07 Å². The first-order chi connectivity index (χ1) is 11.6. The Morgan fingerprint density at radius 2 is 1.25 bits per heavy atom. The van der Waals surface area contributed by atoms with E-state index >= 15 is 0 Å². The van der Waals surface area contributed by atoms with Gasteiger partial charge >= 0.3 is 0 Å². The molecule has 0 unspecified atom stereocenters. The first kappa shape index (κ1) is 16.5. The molecule has 4 heteroatoms. The Balaban J connectivity index is 1.65. The van der Waals surface area contributed by atoms with Crippen LogP contribution in [0.4, 0.5) is 8.78 Å². The van der Waals surface area contributed by atoms with Gasteiger partial charge < -0.3 is 0 Å². The van der Waals surface area contributed by atoms with Gasteiger partial charge in [-0.15, -0.1) is 0 Å². The Kier molecular flexibility index (Phi) is 5.16. The smallest absolute Gasteiger partial charge is 0.159 e. The van der Waals surface area contributed by atoms with Crippen LogP contribution in [0.5, 0.6) is 0 Å². The van der Waals surface area contributed by atoms with Crippen LogP contribution in [0.15, 0.2) is 72.8 Å². The van der Waals surface area contributed by atoms with Crippen molar-refractivity contribution in [2.75, 3.05) is 0 Å². The summed E-state index contributed by atoms with van der Waals surface area (Å²) in [5.41, 5.74) is 3.72. The molecule has 1 atom stereocenters. The highest BCUT2D eigenvalue weighted by Gasteiger charge is 2.07. The number of hydrogen-bond donors (Lipinski definition) is 0. The maximum absolute atomic E-state index is 13.2. The molecule has 0 aromatic heterocycles. The summed E-state index contributed by atoms with van der Waals surface area (Å²) < 4.78 is 38.3. The van der Waals surface area contributed by atoms with E-state index in [0.717, 1.165) is 28.8 Å². The minimum absolute atomic E-state index is 0.206. The Hall–Kier alpha value is -2.33. The predicted octanol–water partition coefficient (Wildman–Crippen LogP) is 5.08. The van der Waals surface area contributed by atoms with Gasteiger partial charge in [-0.05, 0) is 34.4 Å². The van der Waals surface area contributed by atoms with E-state index in [9.17, 15) is 13.0 Å². The fraction of sp³-hybridized carbons (Fsp3) is 0.100.